The fourth-order valence-corrected chi connectivity index (χ4v) is 2.43. The van der Waals surface area contributed by atoms with E-state index in [0.717, 1.165) is 12.8 Å². The van der Waals surface area contributed by atoms with Crippen molar-refractivity contribution in [1.82, 2.24) is 0 Å². The second-order valence-corrected chi connectivity index (χ2v) is 6.12. The van der Waals surface area contributed by atoms with Crippen LogP contribution in [-0.2, 0) is 38.0 Å². The fourth-order valence-electron chi connectivity index (χ4n) is 2.43. The first-order valence-corrected chi connectivity index (χ1v) is 10.3. The molecule has 8 heteroatoms. The fraction of sp³-hybridized carbons (Fsp3) is 0.900. The third-order valence-electron chi connectivity index (χ3n) is 3.74. The van der Waals surface area contributed by atoms with Crippen LogP contribution in [-0.4, -0.2) is 78.0 Å². The van der Waals surface area contributed by atoms with Gasteiger partial charge in [0, 0.05) is 26.1 Å². The summed E-state index contributed by atoms with van der Waals surface area (Å²) in [5.41, 5.74) is 0. The molecule has 8 nitrogen and oxygen atoms in total. The first-order chi connectivity index (χ1) is 13.6. The van der Waals surface area contributed by atoms with Crippen LogP contribution >= 0.6 is 0 Å². The molecule has 0 aromatic rings. The summed E-state index contributed by atoms with van der Waals surface area (Å²) in [6.07, 6.45) is 2.05. The predicted molar refractivity (Wildman–Crippen MR) is 104 cm³/mol. The van der Waals surface area contributed by atoms with Gasteiger partial charge in [0.2, 0.25) is 0 Å². The first-order valence-electron chi connectivity index (χ1n) is 10.3. The van der Waals surface area contributed by atoms with E-state index in [0.29, 0.717) is 52.9 Å². The molecule has 0 N–H and O–H groups in total. The minimum absolute atomic E-state index is 0.0808. The summed E-state index contributed by atoms with van der Waals surface area (Å²) in [7, 11) is 0. The Labute approximate surface area is 169 Å². The van der Waals surface area contributed by atoms with Crippen molar-refractivity contribution in [3.63, 3.8) is 0 Å². The van der Waals surface area contributed by atoms with Gasteiger partial charge in [-0.15, -0.1) is 0 Å². The Morgan fingerprint density at radius 3 is 1.39 bits per heavy atom. The molecule has 0 unspecified atom stereocenters. The third kappa shape index (κ3) is 18.2. The number of ether oxygens (including phenoxy) is 6. The van der Waals surface area contributed by atoms with Crippen LogP contribution in [0.2, 0.25) is 0 Å². The second kappa shape index (κ2) is 20.5. The zero-order valence-electron chi connectivity index (χ0n) is 17.7. The molecule has 0 aromatic carbocycles. The van der Waals surface area contributed by atoms with Crippen LogP contribution in [0.25, 0.3) is 0 Å². The van der Waals surface area contributed by atoms with Gasteiger partial charge in [-0.2, -0.15) is 0 Å². The summed E-state index contributed by atoms with van der Waals surface area (Å²) in [6.45, 7) is 10.3. The monoisotopic (exact) mass is 406 g/mol. The van der Waals surface area contributed by atoms with Gasteiger partial charge in [0.05, 0.1) is 39.6 Å². The van der Waals surface area contributed by atoms with Crippen molar-refractivity contribution in [2.45, 2.75) is 46.5 Å². The second-order valence-electron chi connectivity index (χ2n) is 6.12. The van der Waals surface area contributed by atoms with Crippen molar-refractivity contribution in [3.05, 3.63) is 0 Å². The molecular formula is C20H38O8. The molecule has 0 aliphatic heterocycles. The molecule has 0 radical (unpaired) electrons. The highest BCUT2D eigenvalue weighted by Gasteiger charge is 2.19. The van der Waals surface area contributed by atoms with E-state index in [1.165, 1.54) is 0 Å². The number of carbonyl (C=O) groups is 2. The van der Waals surface area contributed by atoms with Gasteiger partial charge in [0.25, 0.3) is 0 Å². The SMILES string of the molecule is CCCC(CC(=O)OCCOCCOCC)CC(=O)OCCOCCOCC. The molecule has 166 valence electrons. The average Bonchev–Trinajstić information content (AvgIpc) is 2.66. The largest absolute Gasteiger partial charge is 0.463 e. The topological polar surface area (TPSA) is 89.5 Å². The van der Waals surface area contributed by atoms with Crippen molar-refractivity contribution < 1.29 is 38.0 Å². The summed E-state index contributed by atoms with van der Waals surface area (Å²) < 4.78 is 31.2. The summed E-state index contributed by atoms with van der Waals surface area (Å²) in [6, 6.07) is 0. The third-order valence-corrected chi connectivity index (χ3v) is 3.74. The van der Waals surface area contributed by atoms with E-state index in [-0.39, 0.29) is 43.9 Å². The number of carbonyl (C=O) groups excluding carboxylic acids is 2. The van der Waals surface area contributed by atoms with Gasteiger partial charge in [-0.3, -0.25) is 9.59 Å². The van der Waals surface area contributed by atoms with E-state index >= 15 is 0 Å². The highest BCUT2D eigenvalue weighted by molar-refractivity contribution is 5.73. The molecular weight excluding hydrogens is 368 g/mol. The van der Waals surface area contributed by atoms with Gasteiger partial charge in [0.1, 0.15) is 13.2 Å². The lowest BCUT2D eigenvalue weighted by atomic mass is 9.96. The van der Waals surface area contributed by atoms with Gasteiger partial charge < -0.3 is 28.4 Å². The molecule has 0 amide bonds. The summed E-state index contributed by atoms with van der Waals surface area (Å²) >= 11 is 0. The van der Waals surface area contributed by atoms with Crippen molar-refractivity contribution in [2.75, 3.05) is 66.1 Å². The Kier molecular flexibility index (Phi) is 19.6. The molecule has 0 bridgehead atoms. The van der Waals surface area contributed by atoms with Crippen LogP contribution in [0.15, 0.2) is 0 Å². The zero-order valence-corrected chi connectivity index (χ0v) is 17.7. The molecule has 0 aliphatic carbocycles. The first kappa shape index (κ1) is 26.8. The van der Waals surface area contributed by atoms with E-state index in [1.54, 1.807) is 0 Å². The molecule has 0 saturated carbocycles. The average molecular weight is 407 g/mol. The number of rotatable bonds is 20. The molecule has 0 atom stereocenters. The Hall–Kier alpha value is -1.22. The van der Waals surface area contributed by atoms with E-state index in [9.17, 15) is 9.59 Å². The summed E-state index contributed by atoms with van der Waals surface area (Å²) in [4.78, 5) is 23.9. The van der Waals surface area contributed by atoms with Crippen molar-refractivity contribution in [1.29, 1.82) is 0 Å². The maximum atomic E-state index is 11.9. The van der Waals surface area contributed by atoms with Crippen molar-refractivity contribution in [3.8, 4) is 0 Å². The molecule has 0 saturated heterocycles. The Balaban J connectivity index is 3.84. The van der Waals surface area contributed by atoms with Crippen LogP contribution in [0, 0.1) is 5.92 Å². The van der Waals surface area contributed by atoms with E-state index < -0.39 is 0 Å². The van der Waals surface area contributed by atoms with Crippen LogP contribution in [0.3, 0.4) is 0 Å². The minimum Gasteiger partial charge on any atom is -0.463 e. The van der Waals surface area contributed by atoms with E-state index in [4.69, 9.17) is 28.4 Å². The zero-order chi connectivity index (χ0) is 20.9. The highest BCUT2D eigenvalue weighted by atomic mass is 16.6. The van der Waals surface area contributed by atoms with Gasteiger partial charge in [-0.25, -0.2) is 0 Å². The molecule has 28 heavy (non-hydrogen) atoms. The Morgan fingerprint density at radius 1 is 0.607 bits per heavy atom. The van der Waals surface area contributed by atoms with Gasteiger partial charge in [-0.1, -0.05) is 13.3 Å². The summed E-state index contributed by atoms with van der Waals surface area (Å²) in [5.74, 6) is -0.722. The quantitative estimate of drug-likeness (QED) is 0.225. The highest BCUT2D eigenvalue weighted by Crippen LogP contribution is 2.17. The minimum atomic E-state index is -0.320. The van der Waals surface area contributed by atoms with Gasteiger partial charge in [-0.05, 0) is 26.2 Å². The number of esters is 2. The van der Waals surface area contributed by atoms with E-state index in [2.05, 4.69) is 0 Å². The lowest BCUT2D eigenvalue weighted by Gasteiger charge is -2.15. The van der Waals surface area contributed by atoms with Crippen LogP contribution in [0.4, 0.5) is 0 Å². The Morgan fingerprint density at radius 2 is 1.00 bits per heavy atom. The lowest BCUT2D eigenvalue weighted by Crippen LogP contribution is -2.19. The molecule has 0 fully saturated rings. The van der Waals surface area contributed by atoms with Crippen molar-refractivity contribution in [2.24, 2.45) is 5.92 Å². The number of hydrogen-bond acceptors (Lipinski definition) is 8. The van der Waals surface area contributed by atoms with E-state index in [1.807, 2.05) is 20.8 Å². The molecule has 0 heterocycles. The normalized spacial score (nSPS) is 11.0. The summed E-state index contributed by atoms with van der Waals surface area (Å²) in [5, 5.41) is 0. The molecule has 0 rings (SSSR count). The molecule has 0 spiro atoms. The molecule has 0 aromatic heterocycles. The van der Waals surface area contributed by atoms with Gasteiger partial charge >= 0.3 is 11.9 Å². The number of hydrogen-bond donors (Lipinski definition) is 0. The molecule has 0 aliphatic rings. The van der Waals surface area contributed by atoms with Crippen molar-refractivity contribution >= 4 is 11.9 Å². The maximum absolute atomic E-state index is 11.9. The van der Waals surface area contributed by atoms with Crippen LogP contribution in [0.5, 0.6) is 0 Å². The van der Waals surface area contributed by atoms with Crippen LogP contribution in [0.1, 0.15) is 46.5 Å². The Bertz CT molecular complexity index is 343. The lowest BCUT2D eigenvalue weighted by molar-refractivity contribution is -0.149. The maximum Gasteiger partial charge on any atom is 0.306 e. The van der Waals surface area contributed by atoms with Gasteiger partial charge in [0.15, 0.2) is 0 Å². The predicted octanol–water partition coefficient (Wildman–Crippen LogP) is 2.38. The standard InChI is InChI=1S/C20H38O8/c1-4-7-18(16-19(21)27-14-12-25-10-8-23-5-2)17-20(22)28-15-13-26-11-9-24-6-3/h18H,4-17H2,1-3H3. The smallest absolute Gasteiger partial charge is 0.306 e. The van der Waals surface area contributed by atoms with Crippen LogP contribution < -0.4 is 0 Å².